The van der Waals surface area contributed by atoms with Crippen molar-refractivity contribution < 1.29 is 8.42 Å². The van der Waals surface area contributed by atoms with Crippen LogP contribution < -0.4 is 10.0 Å². The Balaban J connectivity index is 0.00000162. The standard InChI is InChI=1S/C12H18N2O2S.ClH/c1-17(15,16)14-12(7-9-13-10-8-12)11-5-3-2-4-6-11;/h2-6,13-14H,7-10H2,1H3;1H. The second-order valence-electron chi connectivity index (χ2n) is 4.57. The van der Waals surface area contributed by atoms with Crippen molar-refractivity contribution in [3.05, 3.63) is 35.9 Å². The van der Waals surface area contributed by atoms with E-state index in [0.29, 0.717) is 0 Å². The summed E-state index contributed by atoms with van der Waals surface area (Å²) >= 11 is 0. The molecule has 0 bridgehead atoms. The Morgan fingerprint density at radius 1 is 1.17 bits per heavy atom. The first-order chi connectivity index (χ1) is 8.02. The maximum absolute atomic E-state index is 11.5. The van der Waals surface area contributed by atoms with Gasteiger partial charge in [-0.3, -0.25) is 0 Å². The highest BCUT2D eigenvalue weighted by Crippen LogP contribution is 2.31. The predicted octanol–water partition coefficient (Wildman–Crippen LogP) is 1.24. The highest BCUT2D eigenvalue weighted by molar-refractivity contribution is 7.88. The zero-order valence-corrected chi connectivity index (χ0v) is 12.0. The largest absolute Gasteiger partial charge is 0.317 e. The molecule has 6 heteroatoms. The Bertz CT molecular complexity index is 470. The number of benzene rings is 1. The van der Waals surface area contributed by atoms with E-state index in [0.717, 1.165) is 31.5 Å². The van der Waals surface area contributed by atoms with Gasteiger partial charge in [0, 0.05) is 0 Å². The van der Waals surface area contributed by atoms with E-state index < -0.39 is 15.6 Å². The lowest BCUT2D eigenvalue weighted by molar-refractivity contribution is 0.288. The van der Waals surface area contributed by atoms with Gasteiger partial charge in [0.25, 0.3) is 0 Å². The second-order valence-corrected chi connectivity index (χ2v) is 6.32. The summed E-state index contributed by atoms with van der Waals surface area (Å²) in [5, 5.41) is 3.26. The van der Waals surface area contributed by atoms with Crippen LogP contribution in [0.5, 0.6) is 0 Å². The van der Waals surface area contributed by atoms with Crippen molar-refractivity contribution >= 4 is 22.4 Å². The number of nitrogens with one attached hydrogen (secondary N) is 2. The van der Waals surface area contributed by atoms with Gasteiger partial charge in [0.15, 0.2) is 0 Å². The molecular formula is C12H19ClN2O2S. The lowest BCUT2D eigenvalue weighted by Crippen LogP contribution is -2.51. The van der Waals surface area contributed by atoms with Gasteiger partial charge in [0.2, 0.25) is 10.0 Å². The normalized spacial score (nSPS) is 18.9. The average Bonchev–Trinajstić information content (AvgIpc) is 2.29. The van der Waals surface area contributed by atoms with E-state index in [4.69, 9.17) is 0 Å². The summed E-state index contributed by atoms with van der Waals surface area (Å²) in [7, 11) is -3.21. The third-order valence-corrected chi connectivity index (χ3v) is 3.93. The number of sulfonamides is 1. The monoisotopic (exact) mass is 290 g/mol. The highest BCUT2D eigenvalue weighted by Gasteiger charge is 2.36. The maximum Gasteiger partial charge on any atom is 0.209 e. The molecule has 1 aliphatic heterocycles. The third-order valence-electron chi connectivity index (χ3n) is 3.16. The van der Waals surface area contributed by atoms with Gasteiger partial charge >= 0.3 is 0 Å². The third kappa shape index (κ3) is 3.68. The molecule has 1 aliphatic rings. The molecule has 1 saturated heterocycles. The summed E-state index contributed by atoms with van der Waals surface area (Å²) in [6, 6.07) is 9.82. The summed E-state index contributed by atoms with van der Waals surface area (Å²) < 4.78 is 25.9. The Morgan fingerprint density at radius 2 is 1.72 bits per heavy atom. The molecule has 1 aromatic carbocycles. The van der Waals surface area contributed by atoms with Gasteiger partial charge in [-0.1, -0.05) is 30.3 Å². The topological polar surface area (TPSA) is 58.2 Å². The van der Waals surface area contributed by atoms with Crippen LogP contribution in [0.3, 0.4) is 0 Å². The number of hydrogen-bond donors (Lipinski definition) is 2. The van der Waals surface area contributed by atoms with Gasteiger partial charge < -0.3 is 5.32 Å². The zero-order chi connectivity index (χ0) is 12.4. The van der Waals surface area contributed by atoms with Crippen LogP contribution in [0.15, 0.2) is 30.3 Å². The lowest BCUT2D eigenvalue weighted by atomic mass is 9.82. The van der Waals surface area contributed by atoms with E-state index >= 15 is 0 Å². The Labute approximate surface area is 115 Å². The molecule has 1 heterocycles. The Kier molecular flexibility index (Phi) is 5.16. The summed E-state index contributed by atoms with van der Waals surface area (Å²) in [6.45, 7) is 1.66. The molecule has 0 spiro atoms. The van der Waals surface area contributed by atoms with Gasteiger partial charge in [-0.15, -0.1) is 12.4 Å². The molecule has 18 heavy (non-hydrogen) atoms. The Hall–Kier alpha value is -0.620. The van der Waals surface area contributed by atoms with Crippen LogP contribution in [0, 0.1) is 0 Å². The van der Waals surface area contributed by atoms with E-state index in [-0.39, 0.29) is 12.4 Å². The minimum absolute atomic E-state index is 0. The first-order valence-electron chi connectivity index (χ1n) is 5.77. The van der Waals surface area contributed by atoms with Gasteiger partial charge in [-0.25, -0.2) is 13.1 Å². The molecule has 0 saturated carbocycles. The summed E-state index contributed by atoms with van der Waals surface area (Å²) in [6.07, 6.45) is 2.79. The first-order valence-corrected chi connectivity index (χ1v) is 7.66. The van der Waals surface area contributed by atoms with E-state index in [9.17, 15) is 8.42 Å². The van der Waals surface area contributed by atoms with E-state index in [1.54, 1.807) is 0 Å². The molecule has 1 aromatic rings. The minimum atomic E-state index is -3.21. The SMILES string of the molecule is CS(=O)(=O)NC1(c2ccccc2)CCNCC1.Cl. The summed E-state index contributed by atoms with van der Waals surface area (Å²) in [5.74, 6) is 0. The van der Waals surface area contributed by atoms with Crippen LogP contribution >= 0.6 is 12.4 Å². The first kappa shape index (κ1) is 15.4. The molecule has 2 rings (SSSR count). The van der Waals surface area contributed by atoms with Gasteiger partial charge in [-0.05, 0) is 31.5 Å². The molecule has 0 radical (unpaired) electrons. The molecule has 102 valence electrons. The van der Waals surface area contributed by atoms with Crippen molar-refractivity contribution in [3.8, 4) is 0 Å². The van der Waals surface area contributed by atoms with Crippen LogP contribution in [0.1, 0.15) is 18.4 Å². The molecule has 2 N–H and O–H groups in total. The molecule has 4 nitrogen and oxygen atoms in total. The van der Waals surface area contributed by atoms with Crippen LogP contribution in [0.4, 0.5) is 0 Å². The Morgan fingerprint density at radius 3 is 2.22 bits per heavy atom. The molecule has 0 amide bonds. The van der Waals surface area contributed by atoms with Crippen LogP contribution in [-0.4, -0.2) is 27.8 Å². The van der Waals surface area contributed by atoms with Crippen LogP contribution in [0.25, 0.3) is 0 Å². The smallest absolute Gasteiger partial charge is 0.209 e. The van der Waals surface area contributed by atoms with Crippen molar-refractivity contribution in [3.63, 3.8) is 0 Å². The fourth-order valence-electron chi connectivity index (χ4n) is 2.42. The summed E-state index contributed by atoms with van der Waals surface area (Å²) in [4.78, 5) is 0. The van der Waals surface area contributed by atoms with Crippen molar-refractivity contribution in [2.75, 3.05) is 19.3 Å². The average molecular weight is 291 g/mol. The van der Waals surface area contributed by atoms with Crippen molar-refractivity contribution in [2.24, 2.45) is 0 Å². The summed E-state index contributed by atoms with van der Waals surface area (Å²) in [5.41, 5.74) is 0.604. The quantitative estimate of drug-likeness (QED) is 0.880. The van der Waals surface area contributed by atoms with E-state index in [1.165, 1.54) is 6.26 Å². The maximum atomic E-state index is 11.5. The fraction of sp³-hybridized carbons (Fsp3) is 0.500. The van der Waals surface area contributed by atoms with Crippen molar-refractivity contribution in [1.29, 1.82) is 0 Å². The van der Waals surface area contributed by atoms with Gasteiger partial charge in [0.1, 0.15) is 0 Å². The number of hydrogen-bond acceptors (Lipinski definition) is 3. The predicted molar refractivity (Wildman–Crippen MR) is 75.5 cm³/mol. The molecule has 0 unspecified atom stereocenters. The highest BCUT2D eigenvalue weighted by atomic mass is 35.5. The molecule has 0 aliphatic carbocycles. The number of piperidine rings is 1. The lowest BCUT2D eigenvalue weighted by Gasteiger charge is -2.38. The minimum Gasteiger partial charge on any atom is -0.317 e. The zero-order valence-electron chi connectivity index (χ0n) is 10.3. The van der Waals surface area contributed by atoms with E-state index in [2.05, 4.69) is 10.0 Å². The van der Waals surface area contributed by atoms with Crippen molar-refractivity contribution in [2.45, 2.75) is 18.4 Å². The van der Waals surface area contributed by atoms with Crippen LogP contribution in [0.2, 0.25) is 0 Å². The van der Waals surface area contributed by atoms with Gasteiger partial charge in [0.05, 0.1) is 11.8 Å². The molecule has 0 atom stereocenters. The van der Waals surface area contributed by atoms with Crippen LogP contribution in [-0.2, 0) is 15.6 Å². The number of halogens is 1. The molecule has 1 fully saturated rings. The number of rotatable bonds is 3. The molecule has 0 aromatic heterocycles. The van der Waals surface area contributed by atoms with E-state index in [1.807, 2.05) is 30.3 Å². The molecular weight excluding hydrogens is 272 g/mol. The fourth-order valence-corrected chi connectivity index (χ4v) is 3.45. The van der Waals surface area contributed by atoms with Crippen molar-refractivity contribution in [1.82, 2.24) is 10.0 Å². The second kappa shape index (κ2) is 6.02. The van der Waals surface area contributed by atoms with Gasteiger partial charge in [-0.2, -0.15) is 0 Å².